The molecule has 2 rings (SSSR count). The second kappa shape index (κ2) is 9.22. The molecule has 0 spiro atoms. The van der Waals surface area contributed by atoms with Crippen LogP contribution in [0.5, 0.6) is 11.5 Å². The summed E-state index contributed by atoms with van der Waals surface area (Å²) in [6.07, 6.45) is 2.77. The lowest BCUT2D eigenvalue weighted by Crippen LogP contribution is -2.48. The van der Waals surface area contributed by atoms with Crippen LogP contribution >= 0.6 is 0 Å². The minimum Gasteiger partial charge on any atom is -0.490 e. The van der Waals surface area contributed by atoms with E-state index in [4.69, 9.17) is 9.47 Å². The van der Waals surface area contributed by atoms with Crippen molar-refractivity contribution >= 4 is 11.6 Å². The van der Waals surface area contributed by atoms with E-state index in [-0.39, 0.29) is 30.0 Å². The lowest BCUT2D eigenvalue weighted by Gasteiger charge is -2.34. The normalized spacial score (nSPS) is 14.8. The maximum Gasteiger partial charge on any atom is 0.311 e. The van der Waals surface area contributed by atoms with Gasteiger partial charge in [0.2, 0.25) is 5.75 Å². The van der Waals surface area contributed by atoms with Gasteiger partial charge in [0.1, 0.15) is 5.75 Å². The summed E-state index contributed by atoms with van der Waals surface area (Å²) in [5.41, 5.74) is -0.136. The third-order valence-corrected chi connectivity index (χ3v) is 4.24. The summed E-state index contributed by atoms with van der Waals surface area (Å²) in [7, 11) is 1.36. The van der Waals surface area contributed by atoms with Gasteiger partial charge in [0, 0.05) is 24.7 Å². The molecule has 1 aromatic carbocycles. The lowest BCUT2D eigenvalue weighted by molar-refractivity contribution is -0.385. The van der Waals surface area contributed by atoms with E-state index in [1.54, 1.807) is 0 Å². The number of ether oxygens (including phenoxy) is 2. The molecule has 1 N–H and O–H groups in total. The van der Waals surface area contributed by atoms with Gasteiger partial charge in [-0.15, -0.1) is 0 Å². The highest BCUT2D eigenvalue weighted by Gasteiger charge is 2.25. The first kappa shape index (κ1) is 19.0. The van der Waals surface area contributed by atoms with Crippen LogP contribution in [0, 0.1) is 10.1 Å². The molecule has 1 saturated heterocycles. The van der Waals surface area contributed by atoms with Crippen molar-refractivity contribution in [1.82, 2.24) is 10.2 Å². The minimum absolute atomic E-state index is 0.0638. The van der Waals surface area contributed by atoms with Crippen LogP contribution in [0.15, 0.2) is 18.2 Å². The maximum absolute atomic E-state index is 12.6. The Balaban J connectivity index is 2.00. The molecule has 1 amide bonds. The van der Waals surface area contributed by atoms with Gasteiger partial charge >= 0.3 is 5.69 Å². The molecule has 25 heavy (non-hydrogen) atoms. The SMILES string of the molecule is CCCN(C(=O)COc1ccc([N+](=O)[O-])c(OC)c1)C1CCNCC1. The van der Waals surface area contributed by atoms with Gasteiger partial charge in [-0.3, -0.25) is 14.9 Å². The molecule has 0 bridgehead atoms. The zero-order chi connectivity index (χ0) is 18.2. The fourth-order valence-electron chi connectivity index (χ4n) is 3.00. The van der Waals surface area contributed by atoms with Crippen LogP contribution < -0.4 is 14.8 Å². The van der Waals surface area contributed by atoms with Crippen LogP contribution in [0.2, 0.25) is 0 Å². The van der Waals surface area contributed by atoms with Crippen LogP contribution in [-0.4, -0.2) is 55.1 Å². The zero-order valence-electron chi connectivity index (χ0n) is 14.7. The summed E-state index contributed by atoms with van der Waals surface area (Å²) in [5.74, 6) is 0.419. The Morgan fingerprint density at radius 2 is 2.12 bits per heavy atom. The van der Waals surface area contributed by atoms with Crippen molar-refractivity contribution in [2.75, 3.05) is 33.4 Å². The monoisotopic (exact) mass is 351 g/mol. The number of carbonyl (C=O) groups is 1. The predicted molar refractivity (Wildman–Crippen MR) is 93.0 cm³/mol. The number of amides is 1. The molecule has 8 heteroatoms. The van der Waals surface area contributed by atoms with Gasteiger partial charge in [-0.1, -0.05) is 6.92 Å². The first-order chi connectivity index (χ1) is 12.1. The summed E-state index contributed by atoms with van der Waals surface area (Å²) >= 11 is 0. The van der Waals surface area contributed by atoms with E-state index in [2.05, 4.69) is 5.32 Å². The number of benzene rings is 1. The van der Waals surface area contributed by atoms with Gasteiger partial charge < -0.3 is 19.7 Å². The number of rotatable bonds is 8. The van der Waals surface area contributed by atoms with Gasteiger partial charge in [0.15, 0.2) is 6.61 Å². The molecular weight excluding hydrogens is 326 g/mol. The van der Waals surface area contributed by atoms with E-state index < -0.39 is 4.92 Å². The molecule has 1 aliphatic rings. The highest BCUT2D eigenvalue weighted by molar-refractivity contribution is 5.78. The Kier molecular flexibility index (Phi) is 7.00. The van der Waals surface area contributed by atoms with E-state index in [0.717, 1.165) is 32.4 Å². The van der Waals surface area contributed by atoms with Crippen LogP contribution in [0.1, 0.15) is 26.2 Å². The number of hydrogen-bond donors (Lipinski definition) is 1. The Hall–Kier alpha value is -2.35. The average Bonchev–Trinajstić information content (AvgIpc) is 2.64. The second-order valence-corrected chi connectivity index (χ2v) is 5.95. The molecular formula is C17H25N3O5. The first-order valence-electron chi connectivity index (χ1n) is 8.52. The molecule has 1 aromatic rings. The molecule has 0 unspecified atom stereocenters. The molecule has 1 aliphatic heterocycles. The summed E-state index contributed by atoms with van der Waals surface area (Å²) < 4.78 is 10.6. The third-order valence-electron chi connectivity index (χ3n) is 4.24. The minimum atomic E-state index is -0.520. The van der Waals surface area contributed by atoms with Crippen LogP contribution in [0.25, 0.3) is 0 Å². The van der Waals surface area contributed by atoms with E-state index in [1.807, 2.05) is 11.8 Å². The smallest absolute Gasteiger partial charge is 0.311 e. The number of carbonyl (C=O) groups excluding carboxylic acids is 1. The van der Waals surface area contributed by atoms with Crippen molar-refractivity contribution in [3.05, 3.63) is 28.3 Å². The standard InChI is InChI=1S/C17H25N3O5/c1-3-10-19(13-6-8-18-9-7-13)17(21)12-25-14-4-5-15(20(22)23)16(11-14)24-2/h4-5,11,13,18H,3,6-10,12H2,1-2H3. The highest BCUT2D eigenvalue weighted by atomic mass is 16.6. The summed E-state index contributed by atoms with van der Waals surface area (Å²) in [6, 6.07) is 4.46. The number of hydrogen-bond acceptors (Lipinski definition) is 6. The second-order valence-electron chi connectivity index (χ2n) is 5.95. The van der Waals surface area contributed by atoms with E-state index in [1.165, 1.54) is 25.3 Å². The molecule has 0 atom stereocenters. The number of piperidine rings is 1. The van der Waals surface area contributed by atoms with Gasteiger partial charge in [-0.25, -0.2) is 0 Å². The number of nitrogens with one attached hydrogen (secondary N) is 1. The Morgan fingerprint density at radius 1 is 1.40 bits per heavy atom. The topological polar surface area (TPSA) is 93.9 Å². The van der Waals surface area contributed by atoms with E-state index >= 15 is 0 Å². The van der Waals surface area contributed by atoms with Crippen molar-refractivity contribution in [3.63, 3.8) is 0 Å². The van der Waals surface area contributed by atoms with Crippen LogP contribution in [0.4, 0.5) is 5.69 Å². The fourth-order valence-corrected chi connectivity index (χ4v) is 3.00. The molecule has 0 aliphatic carbocycles. The van der Waals surface area contributed by atoms with Gasteiger partial charge in [0.05, 0.1) is 12.0 Å². The summed E-state index contributed by atoms with van der Waals surface area (Å²) in [5, 5.41) is 14.2. The van der Waals surface area contributed by atoms with Gasteiger partial charge in [-0.2, -0.15) is 0 Å². The number of methoxy groups -OCH3 is 1. The van der Waals surface area contributed by atoms with Crippen molar-refractivity contribution in [1.29, 1.82) is 0 Å². The van der Waals surface area contributed by atoms with Gasteiger partial charge in [-0.05, 0) is 38.4 Å². The molecule has 138 valence electrons. The van der Waals surface area contributed by atoms with Crippen molar-refractivity contribution in [2.45, 2.75) is 32.2 Å². The molecule has 1 heterocycles. The van der Waals surface area contributed by atoms with Crippen molar-refractivity contribution in [2.24, 2.45) is 0 Å². The average molecular weight is 351 g/mol. The molecule has 1 fully saturated rings. The molecule has 8 nitrogen and oxygen atoms in total. The highest BCUT2D eigenvalue weighted by Crippen LogP contribution is 2.30. The van der Waals surface area contributed by atoms with Crippen molar-refractivity contribution < 1.29 is 19.2 Å². The third kappa shape index (κ3) is 5.06. The molecule has 0 saturated carbocycles. The van der Waals surface area contributed by atoms with Crippen LogP contribution in [-0.2, 0) is 4.79 Å². The number of nitrogens with zero attached hydrogens (tertiary/aromatic N) is 2. The fraction of sp³-hybridized carbons (Fsp3) is 0.588. The van der Waals surface area contributed by atoms with E-state index in [0.29, 0.717) is 12.3 Å². The van der Waals surface area contributed by atoms with Crippen LogP contribution in [0.3, 0.4) is 0 Å². The Morgan fingerprint density at radius 3 is 2.72 bits per heavy atom. The summed E-state index contributed by atoms with van der Waals surface area (Å²) in [4.78, 5) is 24.9. The molecule has 0 radical (unpaired) electrons. The van der Waals surface area contributed by atoms with E-state index in [9.17, 15) is 14.9 Å². The lowest BCUT2D eigenvalue weighted by atomic mass is 10.0. The summed E-state index contributed by atoms with van der Waals surface area (Å²) in [6.45, 7) is 4.49. The first-order valence-corrected chi connectivity index (χ1v) is 8.52. The number of nitro groups is 1. The quantitative estimate of drug-likeness (QED) is 0.568. The van der Waals surface area contributed by atoms with Gasteiger partial charge in [0.25, 0.3) is 5.91 Å². The Labute approximate surface area is 147 Å². The Bertz CT molecular complexity index is 602. The predicted octanol–water partition coefficient (Wildman–Crippen LogP) is 1.97. The van der Waals surface area contributed by atoms with Crippen molar-refractivity contribution in [3.8, 4) is 11.5 Å². The maximum atomic E-state index is 12.6. The largest absolute Gasteiger partial charge is 0.490 e. The number of nitro benzene ring substituents is 1. The molecule has 0 aromatic heterocycles. The zero-order valence-corrected chi connectivity index (χ0v) is 14.7.